The second kappa shape index (κ2) is 4.54. The molecule has 3 N–H and O–H groups in total. The quantitative estimate of drug-likeness (QED) is 0.254. The summed E-state index contributed by atoms with van der Waals surface area (Å²) in [5.74, 6) is 0.0526. The van der Waals surface area contributed by atoms with Crippen LogP contribution in [0.1, 0.15) is 12.8 Å². The predicted molar refractivity (Wildman–Crippen MR) is 41.3 cm³/mol. The van der Waals surface area contributed by atoms with Crippen LogP contribution in [0.2, 0.25) is 0 Å². The number of hydrogen-bond acceptors (Lipinski definition) is 3. The number of amides is 1. The number of nitrogens with zero attached hydrogens (tertiary/aromatic N) is 2. The van der Waals surface area contributed by atoms with Gasteiger partial charge in [-0.15, -0.1) is 0 Å². The molecule has 0 heterocycles. The maximum Gasteiger partial charge on any atom is 0.222 e. The van der Waals surface area contributed by atoms with Gasteiger partial charge in [0, 0.05) is 26.9 Å². The molecule has 0 unspecified atom stereocenters. The van der Waals surface area contributed by atoms with Crippen molar-refractivity contribution in [3.8, 4) is 0 Å². The number of nitrogens with two attached hydrogens (primary N) is 1. The van der Waals surface area contributed by atoms with E-state index in [1.165, 1.54) is 4.90 Å². The van der Waals surface area contributed by atoms with Crippen molar-refractivity contribution in [2.24, 2.45) is 10.9 Å². The zero-order chi connectivity index (χ0) is 8.85. The summed E-state index contributed by atoms with van der Waals surface area (Å²) >= 11 is 0. The van der Waals surface area contributed by atoms with Crippen LogP contribution < -0.4 is 5.73 Å². The van der Waals surface area contributed by atoms with Crippen molar-refractivity contribution in [1.82, 2.24) is 4.90 Å². The van der Waals surface area contributed by atoms with Gasteiger partial charge < -0.3 is 15.8 Å². The summed E-state index contributed by atoms with van der Waals surface area (Å²) in [6.07, 6.45) is 0.580. The van der Waals surface area contributed by atoms with Crippen LogP contribution in [-0.2, 0) is 4.79 Å². The van der Waals surface area contributed by atoms with Gasteiger partial charge in [0.05, 0.1) is 0 Å². The van der Waals surface area contributed by atoms with Crippen molar-refractivity contribution in [1.29, 1.82) is 0 Å². The fourth-order valence-corrected chi connectivity index (χ4v) is 0.509. The van der Waals surface area contributed by atoms with Gasteiger partial charge in [-0.3, -0.25) is 4.79 Å². The number of carbonyl (C=O) groups is 1. The summed E-state index contributed by atoms with van der Waals surface area (Å²) < 4.78 is 0. The predicted octanol–water partition coefficient (Wildman–Crippen LogP) is -0.399. The van der Waals surface area contributed by atoms with Crippen molar-refractivity contribution in [3.63, 3.8) is 0 Å². The number of oxime groups is 1. The van der Waals surface area contributed by atoms with Gasteiger partial charge in [0.25, 0.3) is 0 Å². The van der Waals surface area contributed by atoms with Crippen LogP contribution in [0.3, 0.4) is 0 Å². The minimum atomic E-state index is -0.0309. The van der Waals surface area contributed by atoms with E-state index in [0.717, 1.165) is 0 Å². The Morgan fingerprint density at radius 3 is 2.45 bits per heavy atom. The average Bonchev–Trinajstić information content (AvgIpc) is 1.99. The summed E-state index contributed by atoms with van der Waals surface area (Å²) in [5.41, 5.74) is 5.15. The van der Waals surface area contributed by atoms with Gasteiger partial charge in [-0.2, -0.15) is 0 Å². The highest BCUT2D eigenvalue weighted by molar-refractivity contribution is 5.85. The first-order chi connectivity index (χ1) is 5.07. The molecule has 64 valence electrons. The minimum Gasteiger partial charge on any atom is -0.409 e. The summed E-state index contributed by atoms with van der Waals surface area (Å²) in [6.45, 7) is 0. The highest BCUT2D eigenvalue weighted by Crippen LogP contribution is 1.92. The van der Waals surface area contributed by atoms with Crippen LogP contribution in [0.15, 0.2) is 5.16 Å². The van der Waals surface area contributed by atoms with Gasteiger partial charge >= 0.3 is 0 Å². The Morgan fingerprint density at radius 1 is 1.55 bits per heavy atom. The first-order valence-electron chi connectivity index (χ1n) is 3.24. The largest absolute Gasteiger partial charge is 0.409 e. The highest BCUT2D eigenvalue weighted by atomic mass is 16.4. The third kappa shape index (κ3) is 4.19. The van der Waals surface area contributed by atoms with Gasteiger partial charge in [-0.1, -0.05) is 5.16 Å². The Bertz CT molecular complexity index is 165. The molecule has 0 radical (unpaired) electrons. The van der Waals surface area contributed by atoms with E-state index in [0.29, 0.717) is 6.42 Å². The van der Waals surface area contributed by atoms with Crippen molar-refractivity contribution in [2.75, 3.05) is 14.1 Å². The molecule has 0 aromatic heterocycles. The fraction of sp³-hybridized carbons (Fsp3) is 0.667. The Kier molecular flexibility index (Phi) is 4.02. The monoisotopic (exact) mass is 159 g/mol. The fourth-order valence-electron chi connectivity index (χ4n) is 0.509. The summed E-state index contributed by atoms with van der Waals surface area (Å²) in [5, 5.41) is 10.9. The maximum atomic E-state index is 10.9. The maximum absolute atomic E-state index is 10.9. The lowest BCUT2D eigenvalue weighted by Gasteiger charge is -2.08. The summed E-state index contributed by atoms with van der Waals surface area (Å²) in [7, 11) is 3.32. The molecule has 1 amide bonds. The SMILES string of the molecule is CN(C)C(=O)CC/C(N)=N/O. The summed E-state index contributed by atoms with van der Waals surface area (Å²) in [4.78, 5) is 12.4. The van der Waals surface area contributed by atoms with Crippen LogP contribution in [0.25, 0.3) is 0 Å². The number of amidine groups is 1. The Morgan fingerprint density at radius 2 is 2.09 bits per heavy atom. The molecule has 5 heteroatoms. The molecule has 0 saturated heterocycles. The second-order valence-corrected chi connectivity index (χ2v) is 2.38. The lowest BCUT2D eigenvalue weighted by molar-refractivity contribution is -0.128. The second-order valence-electron chi connectivity index (χ2n) is 2.38. The third-order valence-electron chi connectivity index (χ3n) is 1.22. The minimum absolute atomic E-state index is 0.0309. The highest BCUT2D eigenvalue weighted by Gasteiger charge is 2.04. The topological polar surface area (TPSA) is 78.9 Å². The molecule has 0 aliphatic carbocycles. The molecule has 0 aliphatic rings. The molecular formula is C6H13N3O2. The van der Waals surface area contributed by atoms with Crippen molar-refractivity contribution in [3.05, 3.63) is 0 Å². The molecule has 0 bridgehead atoms. The van der Waals surface area contributed by atoms with E-state index < -0.39 is 0 Å². The van der Waals surface area contributed by atoms with E-state index in [1.807, 2.05) is 0 Å². The third-order valence-corrected chi connectivity index (χ3v) is 1.22. The van der Waals surface area contributed by atoms with Crippen LogP contribution in [-0.4, -0.2) is 35.9 Å². The van der Waals surface area contributed by atoms with E-state index in [1.54, 1.807) is 14.1 Å². The molecule has 0 atom stereocenters. The van der Waals surface area contributed by atoms with E-state index >= 15 is 0 Å². The molecule has 0 aromatic carbocycles. The smallest absolute Gasteiger partial charge is 0.222 e. The van der Waals surface area contributed by atoms with Crippen LogP contribution in [0.5, 0.6) is 0 Å². The Hall–Kier alpha value is -1.26. The molecule has 0 aliphatic heterocycles. The van der Waals surface area contributed by atoms with Gasteiger partial charge in [0.1, 0.15) is 5.84 Å². The molecule has 0 aromatic rings. The lowest BCUT2D eigenvalue weighted by Crippen LogP contribution is -2.23. The zero-order valence-corrected chi connectivity index (χ0v) is 6.74. The van der Waals surface area contributed by atoms with E-state index in [2.05, 4.69) is 5.16 Å². The molecule has 0 fully saturated rings. The molecule has 11 heavy (non-hydrogen) atoms. The number of carbonyl (C=O) groups excluding carboxylic acids is 1. The average molecular weight is 159 g/mol. The van der Waals surface area contributed by atoms with Gasteiger partial charge in [0.2, 0.25) is 5.91 Å². The molecule has 5 nitrogen and oxygen atoms in total. The molecule has 0 saturated carbocycles. The molecule has 0 spiro atoms. The Labute approximate surface area is 65.5 Å². The van der Waals surface area contributed by atoms with Gasteiger partial charge in [0.15, 0.2) is 0 Å². The summed E-state index contributed by atoms with van der Waals surface area (Å²) in [6, 6.07) is 0. The van der Waals surface area contributed by atoms with Gasteiger partial charge in [-0.05, 0) is 0 Å². The van der Waals surface area contributed by atoms with E-state index in [9.17, 15) is 4.79 Å². The Balaban J connectivity index is 3.63. The zero-order valence-electron chi connectivity index (χ0n) is 6.74. The number of rotatable bonds is 3. The molecule has 0 rings (SSSR count). The van der Waals surface area contributed by atoms with Crippen LogP contribution >= 0.6 is 0 Å². The standard InChI is InChI=1S/C6H13N3O2/c1-9(2)6(10)4-3-5(7)8-11/h11H,3-4H2,1-2H3,(H2,7,8). The van der Waals surface area contributed by atoms with Crippen molar-refractivity contribution in [2.45, 2.75) is 12.8 Å². The van der Waals surface area contributed by atoms with Gasteiger partial charge in [-0.25, -0.2) is 0 Å². The normalized spacial score (nSPS) is 11.3. The van der Waals surface area contributed by atoms with Crippen molar-refractivity contribution >= 4 is 11.7 Å². The first kappa shape index (κ1) is 9.74. The van der Waals surface area contributed by atoms with Crippen LogP contribution in [0.4, 0.5) is 0 Å². The van der Waals surface area contributed by atoms with E-state index in [-0.39, 0.29) is 18.2 Å². The van der Waals surface area contributed by atoms with E-state index in [4.69, 9.17) is 10.9 Å². The molecular weight excluding hydrogens is 146 g/mol. The number of hydrogen-bond donors (Lipinski definition) is 2. The van der Waals surface area contributed by atoms with Crippen molar-refractivity contribution < 1.29 is 10.0 Å². The lowest BCUT2D eigenvalue weighted by atomic mass is 10.3. The first-order valence-corrected chi connectivity index (χ1v) is 3.24. The van der Waals surface area contributed by atoms with Crippen LogP contribution in [0, 0.1) is 0 Å².